The molecular weight excluding hydrogens is 356 g/mol. The molecule has 0 unspecified atom stereocenters. The van der Waals surface area contributed by atoms with Crippen LogP contribution in [0.4, 0.5) is 0 Å². The Labute approximate surface area is 162 Å². The van der Waals surface area contributed by atoms with Gasteiger partial charge in [-0.25, -0.2) is 4.98 Å². The Morgan fingerprint density at radius 3 is 2.54 bits per heavy atom. The number of hydrogen-bond donors (Lipinski definition) is 2. The van der Waals surface area contributed by atoms with Crippen LogP contribution in [0.15, 0.2) is 48.8 Å². The molecule has 2 aromatic carbocycles. The number of piperidine rings is 1. The van der Waals surface area contributed by atoms with Crippen LogP contribution in [0.25, 0.3) is 11.0 Å². The number of aromatic nitrogens is 2. The number of amides is 2. The molecule has 2 heterocycles. The van der Waals surface area contributed by atoms with Crippen molar-refractivity contribution in [2.24, 2.45) is 0 Å². The minimum Gasteiger partial charge on any atom is -0.497 e. The topological polar surface area (TPSA) is 87.3 Å². The van der Waals surface area contributed by atoms with Crippen LogP contribution in [0.1, 0.15) is 33.6 Å². The SMILES string of the molecule is COc1ccc(C(=O)N2CCC(NC(=O)c3ccc4nc[nH]c4c3)CC2)cc1. The first-order chi connectivity index (χ1) is 13.6. The highest BCUT2D eigenvalue weighted by Gasteiger charge is 2.25. The average molecular weight is 378 g/mol. The van der Waals surface area contributed by atoms with Gasteiger partial charge in [0.15, 0.2) is 0 Å². The molecule has 0 atom stereocenters. The Bertz CT molecular complexity index is 988. The Hall–Kier alpha value is -3.35. The van der Waals surface area contributed by atoms with Crippen molar-refractivity contribution in [1.82, 2.24) is 20.2 Å². The van der Waals surface area contributed by atoms with E-state index in [1.165, 1.54) is 0 Å². The summed E-state index contributed by atoms with van der Waals surface area (Å²) in [7, 11) is 1.60. The van der Waals surface area contributed by atoms with Crippen molar-refractivity contribution in [3.63, 3.8) is 0 Å². The molecule has 0 spiro atoms. The normalized spacial score (nSPS) is 14.8. The number of carbonyl (C=O) groups is 2. The van der Waals surface area contributed by atoms with E-state index in [-0.39, 0.29) is 17.9 Å². The van der Waals surface area contributed by atoms with Crippen LogP contribution in [-0.4, -0.2) is 52.9 Å². The summed E-state index contributed by atoms with van der Waals surface area (Å²) in [6.45, 7) is 1.24. The molecule has 28 heavy (non-hydrogen) atoms. The van der Waals surface area contributed by atoms with Crippen molar-refractivity contribution in [3.05, 3.63) is 59.9 Å². The van der Waals surface area contributed by atoms with Gasteiger partial charge in [-0.3, -0.25) is 9.59 Å². The van der Waals surface area contributed by atoms with E-state index in [4.69, 9.17) is 4.74 Å². The maximum Gasteiger partial charge on any atom is 0.253 e. The van der Waals surface area contributed by atoms with Gasteiger partial charge in [0.05, 0.1) is 24.5 Å². The second-order valence-corrected chi connectivity index (χ2v) is 6.90. The van der Waals surface area contributed by atoms with Crippen molar-refractivity contribution < 1.29 is 14.3 Å². The Kier molecular flexibility index (Phi) is 4.97. The highest BCUT2D eigenvalue weighted by molar-refractivity contribution is 5.97. The van der Waals surface area contributed by atoms with Gasteiger partial charge in [0.2, 0.25) is 0 Å². The average Bonchev–Trinajstić information content (AvgIpc) is 3.22. The zero-order valence-electron chi connectivity index (χ0n) is 15.6. The standard InChI is InChI=1S/C21H22N4O3/c1-28-17-5-2-14(3-6-17)21(27)25-10-8-16(9-11-25)24-20(26)15-4-7-18-19(12-15)23-13-22-18/h2-7,12-13,16H,8-11H2,1H3,(H,22,23)(H,24,26). The van der Waals surface area contributed by atoms with Gasteiger partial charge in [0, 0.05) is 30.3 Å². The highest BCUT2D eigenvalue weighted by atomic mass is 16.5. The van der Waals surface area contributed by atoms with E-state index < -0.39 is 0 Å². The number of nitrogens with one attached hydrogen (secondary N) is 2. The fourth-order valence-electron chi connectivity index (χ4n) is 3.49. The lowest BCUT2D eigenvalue weighted by Gasteiger charge is -2.32. The Morgan fingerprint density at radius 2 is 1.82 bits per heavy atom. The lowest BCUT2D eigenvalue weighted by molar-refractivity contribution is 0.0698. The third-order valence-corrected chi connectivity index (χ3v) is 5.14. The van der Waals surface area contributed by atoms with E-state index >= 15 is 0 Å². The number of aromatic amines is 1. The summed E-state index contributed by atoms with van der Waals surface area (Å²) in [6.07, 6.45) is 3.09. The summed E-state index contributed by atoms with van der Waals surface area (Å²) in [5.41, 5.74) is 2.93. The number of benzene rings is 2. The zero-order chi connectivity index (χ0) is 19.5. The van der Waals surface area contributed by atoms with Crippen molar-refractivity contribution in [1.29, 1.82) is 0 Å². The number of likely N-dealkylation sites (tertiary alicyclic amines) is 1. The van der Waals surface area contributed by atoms with E-state index in [0.717, 1.165) is 29.6 Å². The van der Waals surface area contributed by atoms with Crippen molar-refractivity contribution >= 4 is 22.8 Å². The van der Waals surface area contributed by atoms with Crippen LogP contribution >= 0.6 is 0 Å². The molecule has 0 radical (unpaired) electrons. The van der Waals surface area contributed by atoms with Crippen LogP contribution in [-0.2, 0) is 0 Å². The van der Waals surface area contributed by atoms with Gasteiger partial charge in [-0.2, -0.15) is 0 Å². The van der Waals surface area contributed by atoms with E-state index in [1.807, 2.05) is 11.0 Å². The number of ether oxygens (including phenoxy) is 1. The molecule has 0 aliphatic carbocycles. The number of hydrogen-bond acceptors (Lipinski definition) is 4. The van der Waals surface area contributed by atoms with Crippen LogP contribution in [0.3, 0.4) is 0 Å². The van der Waals surface area contributed by atoms with E-state index in [1.54, 1.807) is 49.8 Å². The summed E-state index contributed by atoms with van der Waals surface area (Å²) in [6, 6.07) is 12.6. The number of methoxy groups -OCH3 is 1. The fraction of sp³-hybridized carbons (Fsp3) is 0.286. The van der Waals surface area contributed by atoms with Gasteiger partial charge in [-0.1, -0.05) is 0 Å². The van der Waals surface area contributed by atoms with Gasteiger partial charge in [0.1, 0.15) is 5.75 Å². The molecule has 7 heteroatoms. The number of fused-ring (bicyclic) bond motifs is 1. The second-order valence-electron chi connectivity index (χ2n) is 6.90. The number of rotatable bonds is 4. The summed E-state index contributed by atoms with van der Waals surface area (Å²) < 4.78 is 5.13. The number of nitrogens with zero attached hydrogens (tertiary/aromatic N) is 2. The van der Waals surface area contributed by atoms with Gasteiger partial charge in [0.25, 0.3) is 11.8 Å². The fourth-order valence-corrected chi connectivity index (χ4v) is 3.49. The molecule has 1 fully saturated rings. The van der Waals surface area contributed by atoms with Gasteiger partial charge < -0.3 is 19.9 Å². The highest BCUT2D eigenvalue weighted by Crippen LogP contribution is 2.18. The summed E-state index contributed by atoms with van der Waals surface area (Å²) in [5.74, 6) is 0.639. The third kappa shape index (κ3) is 3.69. The maximum absolute atomic E-state index is 12.6. The zero-order valence-corrected chi connectivity index (χ0v) is 15.6. The minimum absolute atomic E-state index is 0.0112. The molecule has 7 nitrogen and oxygen atoms in total. The summed E-state index contributed by atoms with van der Waals surface area (Å²) in [5, 5.41) is 3.08. The first-order valence-corrected chi connectivity index (χ1v) is 9.31. The molecule has 1 aromatic heterocycles. The first-order valence-electron chi connectivity index (χ1n) is 9.31. The molecule has 0 bridgehead atoms. The molecule has 2 N–H and O–H groups in total. The van der Waals surface area contributed by atoms with Gasteiger partial charge >= 0.3 is 0 Å². The van der Waals surface area contributed by atoms with E-state index in [2.05, 4.69) is 15.3 Å². The molecule has 1 saturated heterocycles. The Balaban J connectivity index is 1.33. The lowest BCUT2D eigenvalue weighted by atomic mass is 10.0. The maximum atomic E-state index is 12.6. The number of imidazole rings is 1. The molecule has 0 saturated carbocycles. The predicted octanol–water partition coefficient (Wildman–Crippen LogP) is 2.61. The van der Waals surface area contributed by atoms with Crippen molar-refractivity contribution in [3.8, 4) is 5.75 Å². The lowest BCUT2D eigenvalue weighted by Crippen LogP contribution is -2.46. The van der Waals surface area contributed by atoms with Crippen molar-refractivity contribution in [2.45, 2.75) is 18.9 Å². The number of H-pyrrole nitrogens is 1. The molecule has 4 rings (SSSR count). The van der Waals surface area contributed by atoms with Crippen LogP contribution in [0, 0.1) is 0 Å². The first kappa shape index (κ1) is 18.0. The molecule has 144 valence electrons. The third-order valence-electron chi connectivity index (χ3n) is 5.14. The van der Waals surface area contributed by atoms with Crippen LogP contribution in [0.5, 0.6) is 5.75 Å². The Morgan fingerprint density at radius 1 is 1.11 bits per heavy atom. The predicted molar refractivity (Wildman–Crippen MR) is 105 cm³/mol. The summed E-state index contributed by atoms with van der Waals surface area (Å²) >= 11 is 0. The largest absolute Gasteiger partial charge is 0.497 e. The number of carbonyl (C=O) groups excluding carboxylic acids is 2. The van der Waals surface area contributed by atoms with E-state index in [0.29, 0.717) is 24.2 Å². The van der Waals surface area contributed by atoms with E-state index in [9.17, 15) is 9.59 Å². The summed E-state index contributed by atoms with van der Waals surface area (Å²) in [4.78, 5) is 34.2. The van der Waals surface area contributed by atoms with Crippen LogP contribution < -0.4 is 10.1 Å². The molecular formula is C21H22N4O3. The van der Waals surface area contributed by atoms with Gasteiger partial charge in [-0.15, -0.1) is 0 Å². The smallest absolute Gasteiger partial charge is 0.253 e. The second kappa shape index (κ2) is 7.72. The molecule has 1 aliphatic rings. The monoisotopic (exact) mass is 378 g/mol. The molecule has 3 aromatic rings. The minimum atomic E-state index is -0.101. The van der Waals surface area contributed by atoms with Crippen LogP contribution in [0.2, 0.25) is 0 Å². The van der Waals surface area contributed by atoms with Crippen molar-refractivity contribution in [2.75, 3.05) is 20.2 Å². The molecule has 1 aliphatic heterocycles. The molecule has 2 amide bonds. The quantitative estimate of drug-likeness (QED) is 0.731. The van der Waals surface area contributed by atoms with Gasteiger partial charge in [-0.05, 0) is 55.3 Å².